The summed E-state index contributed by atoms with van der Waals surface area (Å²) in [5, 5.41) is 0. The van der Waals surface area contributed by atoms with E-state index in [1.807, 2.05) is 0 Å². The van der Waals surface area contributed by atoms with Crippen LogP contribution in [0.5, 0.6) is 5.75 Å². The Kier molecular flexibility index (Phi) is 2.82. The Balaban J connectivity index is 1.73. The zero-order chi connectivity index (χ0) is 18.8. The molecule has 0 aromatic heterocycles. The molecule has 1 aromatic carbocycles. The Morgan fingerprint density at radius 2 is 2.15 bits per heavy atom. The first-order valence-electron chi connectivity index (χ1n) is 10.2. The number of likely N-dealkylation sites (N-methyl/N-ethyl adjacent to an activating group) is 1. The minimum atomic E-state index is -0.659. The largest absolute Gasteiger partial charge is 0.485 e. The van der Waals surface area contributed by atoms with Crippen molar-refractivity contribution < 1.29 is 14.3 Å². The molecule has 7 rings (SSSR count). The van der Waals surface area contributed by atoms with Crippen molar-refractivity contribution in [2.24, 2.45) is 11.3 Å². The maximum absolute atomic E-state index is 12.8. The Bertz CT molecular complexity index is 922. The highest BCUT2D eigenvalue weighted by atomic mass is 16.6. The van der Waals surface area contributed by atoms with Gasteiger partial charge in [-0.25, -0.2) is 0 Å². The third-order valence-corrected chi connectivity index (χ3v) is 8.78. The van der Waals surface area contributed by atoms with Crippen molar-refractivity contribution in [2.75, 3.05) is 20.7 Å². The molecule has 4 bridgehead atoms. The van der Waals surface area contributed by atoms with E-state index in [-0.39, 0.29) is 28.6 Å². The van der Waals surface area contributed by atoms with Crippen LogP contribution in [0.4, 0.5) is 0 Å². The molecule has 6 aliphatic rings. The highest BCUT2D eigenvalue weighted by Gasteiger charge is 2.79. The summed E-state index contributed by atoms with van der Waals surface area (Å²) in [6, 6.07) is 4.92. The van der Waals surface area contributed by atoms with Gasteiger partial charge in [-0.3, -0.25) is 4.79 Å². The zero-order valence-corrected chi connectivity index (χ0v) is 16.5. The first kappa shape index (κ1) is 16.3. The van der Waals surface area contributed by atoms with Crippen molar-refractivity contribution >= 4 is 5.78 Å². The third kappa shape index (κ3) is 1.46. The summed E-state index contributed by atoms with van der Waals surface area (Å²) < 4.78 is 13.0. The maximum Gasteiger partial charge on any atom is 0.143 e. The van der Waals surface area contributed by atoms with Crippen LogP contribution in [-0.2, 0) is 21.4 Å². The molecule has 1 saturated heterocycles. The average Bonchev–Trinajstić information content (AvgIpc) is 3.03. The van der Waals surface area contributed by atoms with E-state index in [4.69, 9.17) is 9.47 Å². The molecule has 4 aliphatic carbocycles. The number of ketones is 1. The highest BCUT2D eigenvalue weighted by molar-refractivity contribution is 5.82. The predicted octanol–water partition coefficient (Wildman–Crippen LogP) is 2.80. The number of fused-ring (bicyclic) bond motifs is 1. The molecule has 4 heteroatoms. The first-order chi connectivity index (χ1) is 12.9. The molecule has 2 aliphatic heterocycles. The van der Waals surface area contributed by atoms with Crippen molar-refractivity contribution in [3.63, 3.8) is 0 Å². The number of methoxy groups -OCH3 is 1. The van der Waals surface area contributed by atoms with Crippen LogP contribution in [0.1, 0.15) is 36.5 Å². The number of rotatable bonds is 2. The summed E-state index contributed by atoms with van der Waals surface area (Å²) in [5.41, 5.74) is 3.30. The fourth-order valence-electron chi connectivity index (χ4n) is 7.66. The molecule has 1 saturated carbocycles. The van der Waals surface area contributed by atoms with Crippen LogP contribution in [0.3, 0.4) is 0 Å². The van der Waals surface area contributed by atoms with E-state index in [9.17, 15) is 4.79 Å². The smallest absolute Gasteiger partial charge is 0.143 e. The zero-order valence-electron chi connectivity index (χ0n) is 16.5. The molecule has 2 spiro atoms. The van der Waals surface area contributed by atoms with Crippen molar-refractivity contribution in [1.82, 2.24) is 4.90 Å². The maximum atomic E-state index is 12.8. The number of benzene rings is 1. The van der Waals surface area contributed by atoms with E-state index < -0.39 is 5.60 Å². The molecule has 0 N–H and O–H groups in total. The van der Waals surface area contributed by atoms with Crippen LogP contribution in [0.2, 0.25) is 0 Å². The van der Waals surface area contributed by atoms with Crippen molar-refractivity contribution in [1.29, 1.82) is 0 Å². The Morgan fingerprint density at radius 3 is 2.89 bits per heavy atom. The quantitative estimate of drug-likeness (QED) is 0.756. The lowest BCUT2D eigenvalue weighted by Crippen LogP contribution is -2.79. The lowest BCUT2D eigenvalue weighted by atomic mass is 9.37. The van der Waals surface area contributed by atoms with Crippen molar-refractivity contribution in [3.8, 4) is 5.75 Å². The predicted molar refractivity (Wildman–Crippen MR) is 102 cm³/mol. The second kappa shape index (κ2) is 4.66. The van der Waals surface area contributed by atoms with Crippen LogP contribution in [0.15, 0.2) is 24.3 Å². The summed E-state index contributed by atoms with van der Waals surface area (Å²) >= 11 is 0. The number of carbonyl (C=O) groups is 1. The highest BCUT2D eigenvalue weighted by Crippen LogP contribution is 2.74. The normalized spacial score (nSPS) is 45.6. The van der Waals surface area contributed by atoms with Gasteiger partial charge in [0.2, 0.25) is 0 Å². The van der Waals surface area contributed by atoms with E-state index >= 15 is 0 Å². The molecule has 1 aromatic rings. The lowest BCUT2D eigenvalue weighted by Gasteiger charge is -2.70. The fourth-order valence-corrected chi connectivity index (χ4v) is 7.66. The van der Waals surface area contributed by atoms with Gasteiger partial charge in [0.05, 0.1) is 11.3 Å². The number of ether oxygens (including phenoxy) is 2. The molecule has 4 nitrogen and oxygen atoms in total. The van der Waals surface area contributed by atoms with Gasteiger partial charge in [0.25, 0.3) is 0 Å². The van der Waals surface area contributed by atoms with Crippen molar-refractivity contribution in [2.45, 2.75) is 56.3 Å². The number of hydrogen-bond donors (Lipinski definition) is 0. The van der Waals surface area contributed by atoms with Gasteiger partial charge in [0.1, 0.15) is 23.2 Å². The standard InChI is InChI=1S/C23H27NO3/c1-13-5-6-15-11-17-21-7-8-23(26-4,16(12-21)14(2)25)20-22(21,9-10-24(17)3)18(15)19(13)27-20/h5-8,16-17,20H,9-12H2,1-4H3/t16-,17-,20-,21-,22+,23-/m1/s1. The second-order valence-corrected chi connectivity index (χ2v) is 9.46. The molecule has 2 heterocycles. The van der Waals surface area contributed by atoms with Gasteiger partial charge in [-0.2, -0.15) is 0 Å². The van der Waals surface area contributed by atoms with Crippen LogP contribution in [0, 0.1) is 18.3 Å². The fraction of sp³-hybridized carbons (Fsp3) is 0.609. The van der Waals surface area contributed by atoms with Crippen LogP contribution >= 0.6 is 0 Å². The molecule has 6 atom stereocenters. The molecule has 2 fully saturated rings. The summed E-state index contributed by atoms with van der Waals surface area (Å²) in [7, 11) is 4.01. The molecule has 0 radical (unpaired) electrons. The number of aryl methyl sites for hydroxylation is 1. The van der Waals surface area contributed by atoms with Gasteiger partial charge in [-0.05, 0) is 57.8 Å². The number of likely N-dealkylation sites (tertiary alicyclic amines) is 1. The topological polar surface area (TPSA) is 38.8 Å². The lowest BCUT2D eigenvalue weighted by molar-refractivity contribution is -0.212. The summed E-state index contributed by atoms with van der Waals surface area (Å²) in [6.07, 6.45) is 7.48. The van der Waals surface area contributed by atoms with E-state index in [1.54, 1.807) is 14.0 Å². The monoisotopic (exact) mass is 365 g/mol. The summed E-state index contributed by atoms with van der Waals surface area (Å²) in [5.74, 6) is 1.15. The SMILES string of the molecule is CO[C@]12C=C[C@@]3(C[C@@H]1C(C)=O)[C@H]1Cc4ccc(C)c5c4[C@@]3(CCN1C)[C@H]2O5. The van der Waals surface area contributed by atoms with Crippen LogP contribution in [-0.4, -0.2) is 49.1 Å². The summed E-state index contributed by atoms with van der Waals surface area (Å²) in [6.45, 7) is 4.94. The Morgan fingerprint density at radius 1 is 1.33 bits per heavy atom. The molecule has 0 unspecified atom stereocenters. The molecular formula is C23H27NO3. The number of piperidine rings is 1. The van der Waals surface area contributed by atoms with Gasteiger partial charge in [0.15, 0.2) is 0 Å². The van der Waals surface area contributed by atoms with Crippen molar-refractivity contribution in [3.05, 3.63) is 41.0 Å². The number of Topliss-reactive ketones (excluding diaryl/α,β-unsaturated/α-hetero) is 1. The van der Waals surface area contributed by atoms with E-state index in [0.717, 1.165) is 31.6 Å². The minimum Gasteiger partial charge on any atom is -0.485 e. The molecule has 27 heavy (non-hydrogen) atoms. The summed E-state index contributed by atoms with van der Waals surface area (Å²) in [4.78, 5) is 15.3. The number of nitrogens with zero attached hydrogens (tertiary/aromatic N) is 1. The average molecular weight is 365 g/mol. The molecular weight excluding hydrogens is 338 g/mol. The van der Waals surface area contributed by atoms with E-state index in [2.05, 4.69) is 43.2 Å². The molecule has 0 amide bonds. The van der Waals surface area contributed by atoms with Crippen LogP contribution < -0.4 is 4.74 Å². The third-order valence-electron chi connectivity index (χ3n) is 8.78. The van der Waals surface area contributed by atoms with E-state index in [0.29, 0.717) is 6.04 Å². The van der Waals surface area contributed by atoms with E-state index in [1.165, 1.54) is 16.7 Å². The Labute approximate surface area is 160 Å². The Hall–Kier alpha value is -1.65. The number of hydrogen-bond acceptors (Lipinski definition) is 4. The van der Waals surface area contributed by atoms with Gasteiger partial charge in [0, 0.05) is 24.1 Å². The van der Waals surface area contributed by atoms with Gasteiger partial charge in [-0.1, -0.05) is 24.3 Å². The minimum absolute atomic E-state index is 0.0483. The molecule has 142 valence electrons. The van der Waals surface area contributed by atoms with Gasteiger partial charge >= 0.3 is 0 Å². The first-order valence-corrected chi connectivity index (χ1v) is 10.2. The van der Waals surface area contributed by atoms with Gasteiger partial charge < -0.3 is 14.4 Å². The van der Waals surface area contributed by atoms with Crippen LogP contribution in [0.25, 0.3) is 0 Å². The number of carbonyl (C=O) groups excluding carboxylic acids is 1. The van der Waals surface area contributed by atoms with Gasteiger partial charge in [-0.15, -0.1) is 0 Å². The second-order valence-electron chi connectivity index (χ2n) is 9.46.